The van der Waals surface area contributed by atoms with E-state index in [-0.39, 0.29) is 13.2 Å². The quantitative estimate of drug-likeness (QED) is 0.559. The van der Waals surface area contributed by atoms with Gasteiger partial charge in [-0.2, -0.15) is 5.10 Å². The molecular formula is C11H19N3O3. The number of nitrogens with two attached hydrogens (primary N) is 1. The summed E-state index contributed by atoms with van der Waals surface area (Å²) in [6.45, 7) is 2.31. The van der Waals surface area contributed by atoms with Gasteiger partial charge in [0.05, 0.1) is 18.0 Å². The van der Waals surface area contributed by atoms with Crippen molar-refractivity contribution in [1.29, 1.82) is 0 Å². The summed E-state index contributed by atoms with van der Waals surface area (Å²) in [6, 6.07) is 0. The number of anilines is 1. The molecule has 0 spiro atoms. The van der Waals surface area contributed by atoms with E-state index in [1.165, 1.54) is 4.68 Å². The number of esters is 1. The second-order valence-corrected chi connectivity index (χ2v) is 3.75. The number of aliphatic hydroxyl groups excluding tert-OH is 1. The molecule has 6 heteroatoms. The van der Waals surface area contributed by atoms with E-state index >= 15 is 0 Å². The van der Waals surface area contributed by atoms with Gasteiger partial charge in [-0.3, -0.25) is 4.68 Å². The van der Waals surface area contributed by atoms with Crippen molar-refractivity contribution in [3.05, 3.63) is 11.4 Å². The van der Waals surface area contributed by atoms with Crippen molar-refractivity contribution in [3.63, 3.8) is 0 Å². The van der Waals surface area contributed by atoms with E-state index in [2.05, 4.69) is 5.10 Å². The topological polar surface area (TPSA) is 90.4 Å². The molecule has 0 saturated carbocycles. The Hall–Kier alpha value is -1.56. The van der Waals surface area contributed by atoms with Gasteiger partial charge < -0.3 is 15.6 Å². The SMILES string of the molecule is CCc1nn(C)c(C(=O)OCCCCO)c1N. The van der Waals surface area contributed by atoms with Crippen molar-refractivity contribution in [3.8, 4) is 0 Å². The number of nitrogen functional groups attached to an aromatic ring is 1. The number of carbonyl (C=O) groups excluding carboxylic acids is 1. The van der Waals surface area contributed by atoms with Crippen LogP contribution in [0.1, 0.15) is 35.9 Å². The highest BCUT2D eigenvalue weighted by Gasteiger charge is 2.20. The number of ether oxygens (including phenoxy) is 1. The molecule has 17 heavy (non-hydrogen) atoms. The van der Waals surface area contributed by atoms with Gasteiger partial charge in [-0.25, -0.2) is 4.79 Å². The average molecular weight is 241 g/mol. The maximum absolute atomic E-state index is 11.8. The first kappa shape index (κ1) is 13.5. The van der Waals surface area contributed by atoms with E-state index in [0.29, 0.717) is 36.3 Å². The Labute approximate surface area is 100 Å². The number of carbonyl (C=O) groups is 1. The highest BCUT2D eigenvalue weighted by atomic mass is 16.5. The van der Waals surface area contributed by atoms with Crippen LogP contribution < -0.4 is 5.73 Å². The van der Waals surface area contributed by atoms with Gasteiger partial charge in [0.15, 0.2) is 5.69 Å². The summed E-state index contributed by atoms with van der Waals surface area (Å²) in [5.74, 6) is -0.463. The molecule has 0 amide bonds. The van der Waals surface area contributed by atoms with E-state index in [0.717, 1.165) is 0 Å². The van der Waals surface area contributed by atoms with Crippen LogP contribution >= 0.6 is 0 Å². The number of unbranched alkanes of at least 4 members (excludes halogenated alkanes) is 1. The lowest BCUT2D eigenvalue weighted by Crippen LogP contribution is -2.13. The number of nitrogens with zero attached hydrogens (tertiary/aromatic N) is 2. The summed E-state index contributed by atoms with van der Waals surface area (Å²) in [5, 5.41) is 12.7. The highest BCUT2D eigenvalue weighted by molar-refractivity contribution is 5.93. The van der Waals surface area contributed by atoms with E-state index in [1.807, 2.05) is 6.92 Å². The monoisotopic (exact) mass is 241 g/mol. The molecule has 0 aromatic carbocycles. The zero-order chi connectivity index (χ0) is 12.8. The number of hydrogen-bond donors (Lipinski definition) is 2. The number of aromatic nitrogens is 2. The molecule has 6 nitrogen and oxygen atoms in total. The second kappa shape index (κ2) is 6.24. The zero-order valence-electron chi connectivity index (χ0n) is 10.3. The fourth-order valence-electron chi connectivity index (χ4n) is 1.55. The maximum atomic E-state index is 11.8. The van der Waals surface area contributed by atoms with Crippen LogP contribution in [0.2, 0.25) is 0 Å². The molecule has 0 aliphatic rings. The lowest BCUT2D eigenvalue weighted by atomic mass is 10.2. The largest absolute Gasteiger partial charge is 0.461 e. The van der Waals surface area contributed by atoms with Gasteiger partial charge in [-0.1, -0.05) is 6.92 Å². The van der Waals surface area contributed by atoms with Crippen LogP contribution in [-0.2, 0) is 18.2 Å². The van der Waals surface area contributed by atoms with Gasteiger partial charge in [-0.05, 0) is 19.3 Å². The Morgan fingerprint density at radius 1 is 1.53 bits per heavy atom. The minimum Gasteiger partial charge on any atom is -0.461 e. The summed E-state index contributed by atoms with van der Waals surface area (Å²) >= 11 is 0. The average Bonchev–Trinajstić information content (AvgIpc) is 2.59. The van der Waals surface area contributed by atoms with Crippen molar-refractivity contribution >= 4 is 11.7 Å². The Bertz CT molecular complexity index is 388. The fourth-order valence-corrected chi connectivity index (χ4v) is 1.55. The third-order valence-corrected chi connectivity index (χ3v) is 2.47. The molecule has 0 atom stereocenters. The molecule has 0 unspecified atom stereocenters. The van der Waals surface area contributed by atoms with E-state index < -0.39 is 5.97 Å². The van der Waals surface area contributed by atoms with Gasteiger partial charge in [-0.15, -0.1) is 0 Å². The van der Waals surface area contributed by atoms with Crippen LogP contribution in [0.15, 0.2) is 0 Å². The summed E-state index contributed by atoms with van der Waals surface area (Å²) in [4.78, 5) is 11.8. The maximum Gasteiger partial charge on any atom is 0.358 e. The zero-order valence-corrected chi connectivity index (χ0v) is 10.3. The molecule has 0 aliphatic carbocycles. The second-order valence-electron chi connectivity index (χ2n) is 3.75. The first-order valence-corrected chi connectivity index (χ1v) is 5.71. The fraction of sp³-hybridized carbons (Fsp3) is 0.636. The molecule has 1 aromatic heterocycles. The number of aliphatic hydroxyl groups is 1. The smallest absolute Gasteiger partial charge is 0.358 e. The molecule has 0 radical (unpaired) electrons. The molecule has 0 aliphatic heterocycles. The predicted octanol–water partition coefficient (Wildman–Crippen LogP) is 0.494. The van der Waals surface area contributed by atoms with Crippen LogP contribution in [0.25, 0.3) is 0 Å². The van der Waals surface area contributed by atoms with Crippen LogP contribution in [0, 0.1) is 0 Å². The summed E-state index contributed by atoms with van der Waals surface area (Å²) in [5.41, 5.74) is 7.21. The minimum absolute atomic E-state index is 0.103. The van der Waals surface area contributed by atoms with Crippen LogP contribution in [0.3, 0.4) is 0 Å². The Kier molecular flexibility index (Phi) is 4.96. The summed E-state index contributed by atoms with van der Waals surface area (Å²) < 4.78 is 6.51. The number of rotatable bonds is 6. The lowest BCUT2D eigenvalue weighted by molar-refractivity contribution is 0.0481. The summed E-state index contributed by atoms with van der Waals surface area (Å²) in [6.07, 6.45) is 1.94. The lowest BCUT2D eigenvalue weighted by Gasteiger charge is -2.05. The minimum atomic E-state index is -0.463. The highest BCUT2D eigenvalue weighted by Crippen LogP contribution is 2.17. The standard InChI is InChI=1S/C11H19N3O3/c1-3-8-9(12)10(14(2)13-8)11(16)17-7-5-4-6-15/h15H,3-7,12H2,1-2H3. The molecule has 1 heterocycles. The van der Waals surface area contributed by atoms with Gasteiger partial charge >= 0.3 is 5.97 Å². The van der Waals surface area contributed by atoms with Crippen LogP contribution in [-0.4, -0.2) is 34.1 Å². The van der Waals surface area contributed by atoms with Crippen molar-refractivity contribution in [2.45, 2.75) is 26.2 Å². The first-order chi connectivity index (χ1) is 8.11. The third kappa shape index (κ3) is 3.20. The predicted molar refractivity (Wildman–Crippen MR) is 63.6 cm³/mol. The van der Waals surface area contributed by atoms with Crippen molar-refractivity contribution in [2.24, 2.45) is 7.05 Å². The van der Waals surface area contributed by atoms with Gasteiger partial charge in [0, 0.05) is 13.7 Å². The Morgan fingerprint density at radius 2 is 2.24 bits per heavy atom. The molecular weight excluding hydrogens is 222 g/mol. The summed E-state index contributed by atoms with van der Waals surface area (Å²) in [7, 11) is 1.67. The molecule has 1 aromatic rings. The van der Waals surface area contributed by atoms with Gasteiger partial charge in [0.2, 0.25) is 0 Å². The first-order valence-electron chi connectivity index (χ1n) is 5.71. The van der Waals surface area contributed by atoms with Gasteiger partial charge in [0.1, 0.15) is 0 Å². The van der Waals surface area contributed by atoms with Gasteiger partial charge in [0.25, 0.3) is 0 Å². The van der Waals surface area contributed by atoms with E-state index in [4.69, 9.17) is 15.6 Å². The Morgan fingerprint density at radius 3 is 2.76 bits per heavy atom. The molecule has 3 N–H and O–H groups in total. The molecule has 1 rings (SSSR count). The van der Waals surface area contributed by atoms with Crippen LogP contribution in [0.4, 0.5) is 5.69 Å². The molecule has 0 saturated heterocycles. The number of hydrogen-bond acceptors (Lipinski definition) is 5. The van der Waals surface area contributed by atoms with Crippen molar-refractivity contribution < 1.29 is 14.6 Å². The third-order valence-electron chi connectivity index (χ3n) is 2.47. The molecule has 0 fully saturated rings. The van der Waals surface area contributed by atoms with E-state index in [1.54, 1.807) is 7.05 Å². The van der Waals surface area contributed by atoms with E-state index in [9.17, 15) is 4.79 Å². The molecule has 0 bridgehead atoms. The normalized spacial score (nSPS) is 10.5. The number of aryl methyl sites for hydroxylation is 2. The van der Waals surface area contributed by atoms with Crippen molar-refractivity contribution in [2.75, 3.05) is 18.9 Å². The Balaban J connectivity index is 2.65. The van der Waals surface area contributed by atoms with Crippen molar-refractivity contribution in [1.82, 2.24) is 9.78 Å². The van der Waals surface area contributed by atoms with Crippen LogP contribution in [0.5, 0.6) is 0 Å². The molecule has 96 valence electrons.